The van der Waals surface area contributed by atoms with E-state index in [9.17, 15) is 13.2 Å². The van der Waals surface area contributed by atoms with Crippen molar-refractivity contribution in [1.29, 1.82) is 0 Å². The van der Waals surface area contributed by atoms with Crippen LogP contribution in [-0.4, -0.2) is 13.7 Å². The Morgan fingerprint density at radius 1 is 1.44 bits per heavy atom. The van der Waals surface area contributed by atoms with Crippen LogP contribution in [-0.2, 0) is 12.7 Å². The molecule has 88 valence electrons. The van der Waals surface area contributed by atoms with Gasteiger partial charge in [0.05, 0.1) is 23.6 Å². The van der Waals surface area contributed by atoms with Crippen molar-refractivity contribution in [3.63, 3.8) is 0 Å². The Morgan fingerprint density at radius 3 is 2.69 bits per heavy atom. The maximum absolute atomic E-state index is 12.6. The molecule has 0 atom stereocenters. The monoisotopic (exact) mass is 231 g/mol. The molecule has 0 aromatic heterocycles. The van der Waals surface area contributed by atoms with Gasteiger partial charge >= 0.3 is 6.18 Å². The summed E-state index contributed by atoms with van der Waals surface area (Å²) >= 11 is 0. The minimum Gasteiger partial charge on any atom is -0.366 e. The number of nitrogens with one attached hydrogen (secondary N) is 1. The SMILES string of the molecule is CN1CNc2c(CN)cc(C(F)(F)F)cc21. The molecule has 2 rings (SSSR count). The summed E-state index contributed by atoms with van der Waals surface area (Å²) in [6.45, 7) is 0.594. The molecule has 0 amide bonds. The van der Waals surface area contributed by atoms with Crippen LogP contribution in [0.5, 0.6) is 0 Å². The van der Waals surface area contributed by atoms with Crippen molar-refractivity contribution in [2.45, 2.75) is 12.7 Å². The maximum Gasteiger partial charge on any atom is 0.416 e. The Kier molecular flexibility index (Phi) is 2.46. The first kappa shape index (κ1) is 11.1. The first-order valence-electron chi connectivity index (χ1n) is 4.82. The Bertz CT molecular complexity index is 415. The fourth-order valence-electron chi connectivity index (χ4n) is 1.80. The van der Waals surface area contributed by atoms with E-state index in [4.69, 9.17) is 5.73 Å². The third-order valence-corrected chi connectivity index (χ3v) is 2.65. The molecule has 0 fully saturated rings. The number of rotatable bonds is 1. The van der Waals surface area contributed by atoms with E-state index < -0.39 is 11.7 Å². The van der Waals surface area contributed by atoms with Crippen LogP contribution in [0.2, 0.25) is 0 Å². The summed E-state index contributed by atoms with van der Waals surface area (Å²) in [5.74, 6) is 0. The number of hydrogen-bond donors (Lipinski definition) is 2. The number of anilines is 2. The number of fused-ring (bicyclic) bond motifs is 1. The second kappa shape index (κ2) is 3.55. The third kappa shape index (κ3) is 1.69. The van der Waals surface area contributed by atoms with E-state index >= 15 is 0 Å². The molecule has 0 spiro atoms. The Balaban J connectivity index is 2.57. The van der Waals surface area contributed by atoms with Crippen LogP contribution < -0.4 is 16.0 Å². The van der Waals surface area contributed by atoms with Gasteiger partial charge in [0.1, 0.15) is 0 Å². The highest BCUT2D eigenvalue weighted by molar-refractivity contribution is 5.78. The molecule has 0 unspecified atom stereocenters. The average molecular weight is 231 g/mol. The largest absolute Gasteiger partial charge is 0.416 e. The second-order valence-corrected chi connectivity index (χ2v) is 3.76. The van der Waals surface area contributed by atoms with Crippen LogP contribution in [0, 0.1) is 0 Å². The van der Waals surface area contributed by atoms with Crippen molar-refractivity contribution in [3.8, 4) is 0 Å². The van der Waals surface area contributed by atoms with Crippen LogP contribution in [0.4, 0.5) is 24.5 Å². The fraction of sp³-hybridized carbons (Fsp3) is 0.400. The quantitative estimate of drug-likeness (QED) is 0.776. The molecule has 1 aliphatic rings. The Labute approximate surface area is 91.0 Å². The molecule has 0 saturated carbocycles. The summed E-state index contributed by atoms with van der Waals surface area (Å²) < 4.78 is 37.9. The minimum absolute atomic E-state index is 0.0904. The van der Waals surface area contributed by atoms with Crippen molar-refractivity contribution in [3.05, 3.63) is 23.3 Å². The van der Waals surface area contributed by atoms with Gasteiger partial charge in [-0.1, -0.05) is 0 Å². The van der Waals surface area contributed by atoms with Gasteiger partial charge in [0.15, 0.2) is 0 Å². The zero-order chi connectivity index (χ0) is 11.9. The second-order valence-electron chi connectivity index (χ2n) is 3.76. The lowest BCUT2D eigenvalue weighted by molar-refractivity contribution is -0.137. The molecule has 1 aliphatic heterocycles. The van der Waals surface area contributed by atoms with Gasteiger partial charge in [-0.25, -0.2) is 0 Å². The van der Waals surface area contributed by atoms with Crippen LogP contribution >= 0.6 is 0 Å². The van der Waals surface area contributed by atoms with Gasteiger partial charge in [-0.3, -0.25) is 0 Å². The van der Waals surface area contributed by atoms with E-state index in [-0.39, 0.29) is 6.54 Å². The summed E-state index contributed by atoms with van der Waals surface area (Å²) in [6.07, 6.45) is -4.33. The lowest BCUT2D eigenvalue weighted by Gasteiger charge is -2.15. The molecule has 1 aromatic rings. The molecular weight excluding hydrogens is 219 g/mol. The summed E-state index contributed by atoms with van der Waals surface area (Å²) in [4.78, 5) is 1.73. The zero-order valence-corrected chi connectivity index (χ0v) is 8.73. The van der Waals surface area contributed by atoms with Crippen molar-refractivity contribution in [2.24, 2.45) is 5.73 Å². The molecular formula is C10H12F3N3. The van der Waals surface area contributed by atoms with Crippen LogP contribution in [0.15, 0.2) is 12.1 Å². The van der Waals surface area contributed by atoms with Gasteiger partial charge in [-0.2, -0.15) is 13.2 Å². The normalized spacial score (nSPS) is 14.9. The molecule has 0 aliphatic carbocycles. The summed E-state index contributed by atoms with van der Waals surface area (Å²) in [5.41, 5.74) is 6.56. The van der Waals surface area contributed by atoms with Crippen LogP contribution in [0.1, 0.15) is 11.1 Å². The maximum atomic E-state index is 12.6. The van der Waals surface area contributed by atoms with Crippen molar-refractivity contribution < 1.29 is 13.2 Å². The standard InChI is InChI=1S/C10H12F3N3/c1-16-5-15-9-6(4-14)2-7(3-8(9)16)10(11,12)13/h2-3,15H,4-5,14H2,1H3. The first-order chi connectivity index (χ1) is 7.43. The highest BCUT2D eigenvalue weighted by Crippen LogP contribution is 2.39. The van der Waals surface area contributed by atoms with E-state index in [1.54, 1.807) is 11.9 Å². The molecule has 1 aromatic carbocycles. The average Bonchev–Trinajstić information content (AvgIpc) is 2.58. The number of halogens is 3. The topological polar surface area (TPSA) is 41.3 Å². The van der Waals surface area contributed by atoms with E-state index in [0.29, 0.717) is 23.6 Å². The minimum atomic E-state index is -4.33. The van der Waals surface area contributed by atoms with E-state index in [1.807, 2.05) is 0 Å². The van der Waals surface area contributed by atoms with Gasteiger partial charge < -0.3 is 16.0 Å². The van der Waals surface area contributed by atoms with Crippen molar-refractivity contribution >= 4 is 11.4 Å². The van der Waals surface area contributed by atoms with Gasteiger partial charge in [0.25, 0.3) is 0 Å². The Morgan fingerprint density at radius 2 is 2.12 bits per heavy atom. The number of benzene rings is 1. The molecule has 0 bridgehead atoms. The summed E-state index contributed by atoms with van der Waals surface area (Å²) in [7, 11) is 1.74. The zero-order valence-electron chi connectivity index (χ0n) is 8.73. The van der Waals surface area contributed by atoms with Gasteiger partial charge in [0.2, 0.25) is 0 Å². The van der Waals surface area contributed by atoms with E-state index in [1.165, 1.54) is 0 Å². The van der Waals surface area contributed by atoms with Crippen LogP contribution in [0.25, 0.3) is 0 Å². The lowest BCUT2D eigenvalue weighted by Crippen LogP contribution is -2.16. The smallest absolute Gasteiger partial charge is 0.366 e. The lowest BCUT2D eigenvalue weighted by atomic mass is 10.1. The first-order valence-corrected chi connectivity index (χ1v) is 4.82. The molecule has 1 heterocycles. The number of nitrogens with two attached hydrogens (primary N) is 1. The fourth-order valence-corrected chi connectivity index (χ4v) is 1.80. The number of nitrogens with zero attached hydrogens (tertiary/aromatic N) is 1. The highest BCUT2D eigenvalue weighted by atomic mass is 19.4. The Hall–Kier alpha value is -1.43. The third-order valence-electron chi connectivity index (χ3n) is 2.65. The number of hydrogen-bond acceptors (Lipinski definition) is 3. The number of alkyl halides is 3. The molecule has 3 nitrogen and oxygen atoms in total. The molecule has 6 heteroatoms. The highest BCUT2D eigenvalue weighted by Gasteiger charge is 2.33. The van der Waals surface area contributed by atoms with Gasteiger partial charge in [0, 0.05) is 13.6 Å². The molecule has 0 radical (unpaired) electrons. The molecule has 3 N–H and O–H groups in total. The van der Waals surface area contributed by atoms with E-state index in [2.05, 4.69) is 5.32 Å². The van der Waals surface area contributed by atoms with Gasteiger partial charge in [-0.05, 0) is 17.7 Å². The molecule has 16 heavy (non-hydrogen) atoms. The molecule has 0 saturated heterocycles. The van der Waals surface area contributed by atoms with Crippen molar-refractivity contribution in [2.75, 3.05) is 23.9 Å². The van der Waals surface area contributed by atoms with Crippen LogP contribution in [0.3, 0.4) is 0 Å². The summed E-state index contributed by atoms with van der Waals surface area (Å²) in [5, 5.41) is 3.03. The predicted molar refractivity (Wildman–Crippen MR) is 56.2 cm³/mol. The van der Waals surface area contributed by atoms with E-state index in [0.717, 1.165) is 12.1 Å². The van der Waals surface area contributed by atoms with Crippen molar-refractivity contribution in [1.82, 2.24) is 0 Å². The van der Waals surface area contributed by atoms with Gasteiger partial charge in [-0.15, -0.1) is 0 Å². The predicted octanol–water partition coefficient (Wildman–Crippen LogP) is 1.98. The summed E-state index contributed by atoms with van der Waals surface area (Å²) in [6, 6.07) is 2.25.